The molecule has 0 saturated heterocycles. The number of primary amides is 3. The van der Waals surface area contributed by atoms with Gasteiger partial charge in [-0.2, -0.15) is 0 Å². The van der Waals surface area contributed by atoms with Gasteiger partial charge in [0.1, 0.15) is 23.0 Å². The minimum absolute atomic E-state index is 0.00570. The first-order chi connectivity index (χ1) is 52.8. The predicted octanol–water partition coefficient (Wildman–Crippen LogP) is 14.0. The van der Waals surface area contributed by atoms with Crippen molar-refractivity contribution in [2.45, 2.75) is 289 Å². The molecule has 0 aromatic carbocycles. The van der Waals surface area contributed by atoms with Gasteiger partial charge < -0.3 is 63.3 Å². The molecule has 12 N–H and O–H groups in total. The standard InChI is InChI=1S/C28H49Br2N3O6.C27H47Br2N3O6.C26H45Br2N3O6/c1-18(2)21(24(36)33-22(23(35)27(3,4)5)12-10-14-32-26(31)38)15-20(34)11-8-9-13-28(6,7)39-25(37)19(16-29)17-30;1-17(2)21(14-20(33)11-8-7-10-18(3)38-25(36)19(15-28)16-29)24(35)32-22(23(34)27(4,5)6)12-9-13-31-26(30)37;1-17(2)20(14-19(32)10-7-6-8-13-37-24(35)18(15-27)16-28)23(34)31-21(22(33)26(3,4)5)11-9-12-30-25(29)36/h18-19,21-22H,8-17H2,1-7H3,(H,33,36)(H3,31,32,38);17-19,21-22H,7-16H2,1-6H3,(H,32,35)(H3,30,31,37);17-18,20-21H,6-16H2,1-5H3,(H,31,34)(H3,29,30,36)/t21-,22-;18?,21-,22-;20-,21-/m000/s1. The number of ether oxygens (including phenoxy) is 3. The van der Waals surface area contributed by atoms with E-state index in [0.29, 0.717) is 161 Å². The summed E-state index contributed by atoms with van der Waals surface area (Å²) in [4.78, 5) is 186. The van der Waals surface area contributed by atoms with E-state index in [9.17, 15) is 71.9 Å². The molecule has 0 rings (SSSR count). The summed E-state index contributed by atoms with van der Waals surface area (Å²) in [6.45, 7) is 34.3. The monoisotopic (exact) mass is 2000 g/mol. The molecule has 0 aliphatic carbocycles. The van der Waals surface area contributed by atoms with E-state index in [0.717, 1.165) is 12.8 Å². The van der Waals surface area contributed by atoms with Crippen molar-refractivity contribution >= 4 is 184 Å². The summed E-state index contributed by atoms with van der Waals surface area (Å²) < 4.78 is 16.4. The van der Waals surface area contributed by atoms with Crippen LogP contribution in [0, 0.1) is 69.5 Å². The van der Waals surface area contributed by atoms with E-state index >= 15 is 0 Å². The third-order valence-electron chi connectivity index (χ3n) is 18.7. The average Bonchev–Trinajstić information content (AvgIpc) is 0.854. The van der Waals surface area contributed by atoms with Crippen molar-refractivity contribution in [2.75, 3.05) is 58.2 Å². The molecule has 0 heterocycles. The molecule has 7 atom stereocenters. The third-order valence-corrected chi connectivity index (χ3v) is 23.4. The Morgan fingerprint density at radius 1 is 0.351 bits per heavy atom. The Bertz CT molecular complexity index is 2970. The first kappa shape index (κ1) is 114. The number of amides is 9. The topological polar surface area (TPSA) is 434 Å². The maximum absolute atomic E-state index is 13.2. The van der Waals surface area contributed by atoms with Crippen molar-refractivity contribution in [3.63, 3.8) is 0 Å². The van der Waals surface area contributed by atoms with Crippen LogP contribution >= 0.6 is 95.6 Å². The number of carbonyl (C=O) groups excluding carboxylic acids is 15. The van der Waals surface area contributed by atoms with Crippen LogP contribution in [-0.4, -0.2) is 176 Å². The highest BCUT2D eigenvalue weighted by Crippen LogP contribution is 2.28. The molecule has 0 bridgehead atoms. The summed E-state index contributed by atoms with van der Waals surface area (Å²) in [5, 5.41) is 19.3. The highest BCUT2D eigenvalue weighted by Gasteiger charge is 2.38. The molecule has 0 aliphatic heterocycles. The zero-order chi connectivity index (χ0) is 88.5. The van der Waals surface area contributed by atoms with Gasteiger partial charge in [-0.25, -0.2) is 14.4 Å². The number of Topliss-reactive ketones (excluding diaryl/α,β-unsaturated/α-hetero) is 6. The van der Waals surface area contributed by atoms with Crippen molar-refractivity contribution in [2.24, 2.45) is 86.7 Å². The number of rotatable bonds is 57. The van der Waals surface area contributed by atoms with Crippen LogP contribution in [0.2, 0.25) is 0 Å². The first-order valence-electron chi connectivity index (χ1n) is 40.0. The van der Waals surface area contributed by atoms with Crippen LogP contribution in [0.4, 0.5) is 14.4 Å². The fourth-order valence-electron chi connectivity index (χ4n) is 11.5. The maximum Gasteiger partial charge on any atom is 0.312 e. The molecule has 114 heavy (non-hydrogen) atoms. The molecule has 9 amide bonds. The van der Waals surface area contributed by atoms with Gasteiger partial charge in [-0.1, -0.05) is 199 Å². The lowest BCUT2D eigenvalue weighted by Gasteiger charge is -2.28. The van der Waals surface area contributed by atoms with Crippen molar-refractivity contribution in [1.29, 1.82) is 0 Å². The molecule has 0 aromatic heterocycles. The Morgan fingerprint density at radius 3 is 0.930 bits per heavy atom. The fourth-order valence-corrected chi connectivity index (χ4v) is 16.3. The number of carbonyl (C=O) groups is 15. The van der Waals surface area contributed by atoms with Gasteiger partial charge in [-0.05, 0) is 135 Å². The molecule has 0 radical (unpaired) electrons. The minimum atomic E-state index is -0.720. The summed E-state index contributed by atoms with van der Waals surface area (Å²) >= 11 is 19.8. The lowest BCUT2D eigenvalue weighted by molar-refractivity contribution is -0.160. The van der Waals surface area contributed by atoms with E-state index in [-0.39, 0.29) is 131 Å². The molecule has 27 nitrogen and oxygen atoms in total. The average molecular weight is 2010 g/mol. The third kappa shape index (κ3) is 53.1. The van der Waals surface area contributed by atoms with Gasteiger partial charge in [0.25, 0.3) is 0 Å². The Morgan fingerprint density at radius 2 is 0.640 bits per heavy atom. The number of urea groups is 3. The smallest absolute Gasteiger partial charge is 0.312 e. The second kappa shape index (κ2) is 60.9. The summed E-state index contributed by atoms with van der Waals surface area (Å²) in [5.41, 5.74) is 12.7. The number of hydrogen-bond donors (Lipinski definition) is 9. The Balaban J connectivity index is -0.00000162. The number of esters is 3. The molecule has 0 aliphatic rings. The van der Waals surface area contributed by atoms with Gasteiger partial charge in [0.15, 0.2) is 17.3 Å². The SMILES string of the molecule is CC(C)[C@H](CC(=O)CCCCC(C)(C)OC(=O)C(CBr)CBr)C(=O)N[C@@H](CCCNC(N)=O)C(=O)C(C)(C)C.CC(C)[C@H](CC(=O)CCCCCOC(=O)C(CBr)CBr)C(=O)N[C@@H](CCCNC(N)=O)C(=O)C(C)(C)C.CC(CCCCC(=O)C[C@H](C(=O)N[C@@H](CCCNC(N)=O)C(=O)C(C)(C)C)C(C)C)OC(=O)C(CBr)CBr. The van der Waals surface area contributed by atoms with Crippen LogP contribution in [0.5, 0.6) is 0 Å². The summed E-state index contributed by atoms with van der Waals surface area (Å²) in [7, 11) is 0. The number of hydrogen-bond acceptors (Lipinski definition) is 18. The van der Waals surface area contributed by atoms with Gasteiger partial charge in [-0.3, -0.25) is 57.5 Å². The normalized spacial score (nSPS) is 13.6. The molecule has 0 fully saturated rings. The second-order valence-corrected chi connectivity index (χ2v) is 37.9. The molecule has 0 spiro atoms. The van der Waals surface area contributed by atoms with Crippen LogP contribution in [0.3, 0.4) is 0 Å². The lowest BCUT2D eigenvalue weighted by Crippen LogP contribution is -2.48. The van der Waals surface area contributed by atoms with E-state index in [4.69, 9.17) is 31.4 Å². The maximum atomic E-state index is 13.2. The van der Waals surface area contributed by atoms with Gasteiger partial charge in [0, 0.05) is 124 Å². The first-order valence-corrected chi connectivity index (χ1v) is 46.7. The molecular formula is C81H141Br6N9O18. The van der Waals surface area contributed by atoms with E-state index in [1.165, 1.54) is 0 Å². The molecule has 660 valence electrons. The van der Waals surface area contributed by atoms with Crippen LogP contribution in [0.1, 0.15) is 259 Å². The van der Waals surface area contributed by atoms with Crippen LogP contribution in [-0.2, 0) is 71.7 Å². The van der Waals surface area contributed by atoms with Gasteiger partial charge in [0.2, 0.25) is 17.7 Å². The van der Waals surface area contributed by atoms with E-state index < -0.39 is 75.8 Å². The number of nitrogens with one attached hydrogen (secondary N) is 6. The van der Waals surface area contributed by atoms with Crippen molar-refractivity contribution in [3.8, 4) is 0 Å². The molecular weight excluding hydrogens is 1870 g/mol. The van der Waals surface area contributed by atoms with E-state index in [1.54, 1.807) is 62.3 Å². The van der Waals surface area contributed by atoms with Gasteiger partial charge in [-0.15, -0.1) is 0 Å². The van der Waals surface area contributed by atoms with Crippen LogP contribution in [0.15, 0.2) is 0 Å². The highest BCUT2D eigenvalue weighted by molar-refractivity contribution is 9.10. The number of ketones is 6. The van der Waals surface area contributed by atoms with Crippen LogP contribution < -0.4 is 49.1 Å². The summed E-state index contributed by atoms with van der Waals surface area (Å²) in [6.07, 6.45) is 9.64. The Hall–Kier alpha value is -4.47. The molecule has 0 aromatic rings. The number of halogens is 6. The molecule has 33 heteroatoms. The summed E-state index contributed by atoms with van der Waals surface area (Å²) in [6, 6.07) is -4.07. The number of alkyl halides is 6. The number of unbranched alkanes of at least 4 members (excludes halogenated alkanes) is 4. The van der Waals surface area contributed by atoms with Crippen molar-refractivity contribution in [3.05, 3.63) is 0 Å². The molecule has 1 unspecified atom stereocenters. The van der Waals surface area contributed by atoms with E-state index in [2.05, 4.69) is 127 Å². The van der Waals surface area contributed by atoms with Crippen LogP contribution in [0.25, 0.3) is 0 Å². The second-order valence-electron chi connectivity index (χ2n) is 34.0. The lowest BCUT2D eigenvalue weighted by atomic mass is 9.83. The van der Waals surface area contributed by atoms with Gasteiger partial charge in [0.05, 0.1) is 48.6 Å². The van der Waals surface area contributed by atoms with E-state index in [1.807, 2.05) is 62.3 Å². The largest absolute Gasteiger partial charge is 0.465 e. The Labute approximate surface area is 730 Å². The Kier molecular flexibility index (Phi) is 60.7. The quantitative estimate of drug-likeness (QED) is 0.0118. The zero-order valence-corrected chi connectivity index (χ0v) is 80.8. The minimum Gasteiger partial charge on any atom is -0.465 e. The summed E-state index contributed by atoms with van der Waals surface area (Å²) in [5.74, 6) is -4.65. The van der Waals surface area contributed by atoms with Gasteiger partial charge >= 0.3 is 36.0 Å². The number of nitrogens with two attached hydrogens (primary N) is 3. The molecule has 0 saturated carbocycles. The predicted molar refractivity (Wildman–Crippen MR) is 469 cm³/mol. The fraction of sp³-hybridized carbons (Fsp3) is 0.815. The zero-order valence-electron chi connectivity index (χ0n) is 71.3. The van der Waals surface area contributed by atoms with Crippen molar-refractivity contribution in [1.82, 2.24) is 31.9 Å². The van der Waals surface area contributed by atoms with Crippen molar-refractivity contribution < 1.29 is 86.1 Å². The highest BCUT2D eigenvalue weighted by atomic mass is 79.9.